The number of hydrogen-bond acceptors (Lipinski definition) is 4. The molecule has 0 saturated heterocycles. The Morgan fingerprint density at radius 3 is 1.36 bits per heavy atom. The number of nitrogens with zero attached hydrogens (tertiary/aromatic N) is 4. The summed E-state index contributed by atoms with van der Waals surface area (Å²) in [6, 6.07) is 18.6. The molecule has 0 atom stereocenters. The second-order valence-electron chi connectivity index (χ2n) is 8.18. The number of para-hydroxylation sites is 2. The van der Waals surface area contributed by atoms with Crippen molar-refractivity contribution < 1.29 is 27.5 Å². The van der Waals surface area contributed by atoms with E-state index in [1.165, 1.54) is 0 Å². The molecule has 2 aliphatic heterocycles. The molecule has 168 valence electrons. The second-order valence-corrected chi connectivity index (χ2v) is 12.8. The van der Waals surface area contributed by atoms with Crippen LogP contribution in [0.2, 0.25) is 0 Å². The molecule has 0 unspecified atom stereocenters. The Kier molecular flexibility index (Phi) is 4.70. The first-order chi connectivity index (χ1) is 15.8. The fourth-order valence-electron chi connectivity index (χ4n) is 5.20. The topological polar surface area (TPSA) is 73.7 Å². The fraction of sp³-hybridized carbons (Fsp3) is 0.167. The molecule has 9 heteroatoms. The molecule has 0 fully saturated rings. The Morgan fingerprint density at radius 2 is 1.03 bits per heavy atom. The first kappa shape index (κ1) is 21.9. The van der Waals surface area contributed by atoms with Gasteiger partial charge in [-0.05, 0) is 0 Å². The Bertz CT molecular complexity index is 1310. The average Bonchev–Trinajstić information content (AvgIpc) is 2.74. The van der Waals surface area contributed by atoms with Crippen LogP contribution in [-0.4, -0.2) is 37.9 Å². The van der Waals surface area contributed by atoms with Crippen molar-refractivity contribution in [3.8, 4) is 12.5 Å². The van der Waals surface area contributed by atoms with Gasteiger partial charge in [0, 0.05) is 0 Å². The summed E-state index contributed by atoms with van der Waals surface area (Å²) in [4.78, 5) is 0. The zero-order chi connectivity index (χ0) is 23.8. The van der Waals surface area contributed by atoms with Crippen LogP contribution in [0.4, 0.5) is 11.4 Å². The van der Waals surface area contributed by atoms with E-state index in [0.29, 0.717) is 34.3 Å². The van der Waals surface area contributed by atoms with Crippen molar-refractivity contribution in [2.24, 2.45) is 0 Å². The molecule has 2 aromatic carbocycles. The third kappa shape index (κ3) is 2.73. The molecular formula is C24H26N4O4Si+2. The summed E-state index contributed by atoms with van der Waals surface area (Å²) in [7, 11) is -6.33. The van der Waals surface area contributed by atoms with Crippen molar-refractivity contribution in [1.82, 2.24) is 0 Å². The van der Waals surface area contributed by atoms with E-state index in [1.54, 1.807) is 22.3 Å². The van der Waals surface area contributed by atoms with Crippen molar-refractivity contribution in [1.29, 1.82) is 0 Å². The predicted octanol–water partition coefficient (Wildman–Crippen LogP) is 5.13. The van der Waals surface area contributed by atoms with Gasteiger partial charge in [0.15, 0.2) is 0 Å². The van der Waals surface area contributed by atoms with Crippen LogP contribution in [0.1, 0.15) is 27.7 Å². The number of aliphatic hydroxyl groups is 2. The predicted molar refractivity (Wildman–Crippen MR) is 128 cm³/mol. The number of allylic oxidation sites excluding steroid dienone is 4. The van der Waals surface area contributed by atoms with Crippen LogP contribution >= 0.6 is 0 Å². The number of rotatable bonds is 2. The van der Waals surface area contributed by atoms with E-state index in [1.807, 2.05) is 99.2 Å². The Hall–Kier alpha value is -4.34. The maximum atomic E-state index is 10.2. The second kappa shape index (κ2) is 7.09. The molecule has 0 aromatic heterocycles. The van der Waals surface area contributed by atoms with Crippen LogP contribution in [-0.2, 0) is 8.85 Å². The van der Waals surface area contributed by atoms with Crippen LogP contribution in [0.3, 0.4) is 0 Å². The molecule has 2 heterocycles. The summed E-state index contributed by atoms with van der Waals surface area (Å²) in [5.41, 5.74) is 2.56. The van der Waals surface area contributed by atoms with Crippen LogP contribution in [0, 0.1) is 12.5 Å². The van der Waals surface area contributed by atoms with E-state index in [-0.39, 0.29) is 0 Å². The number of benzene rings is 2. The van der Waals surface area contributed by atoms with Gasteiger partial charge >= 0.3 is 192 Å². The molecule has 0 bridgehead atoms. The summed E-state index contributed by atoms with van der Waals surface area (Å²) in [6.45, 7) is 7.19. The quantitative estimate of drug-likeness (QED) is 0.480. The molecule has 2 aliphatic rings. The van der Waals surface area contributed by atoms with Crippen molar-refractivity contribution >= 4 is 30.6 Å². The summed E-state index contributed by atoms with van der Waals surface area (Å²) >= 11 is 0. The molecule has 0 radical (unpaired) electrons. The van der Waals surface area contributed by atoms with Crippen molar-refractivity contribution in [3.63, 3.8) is 0 Å². The molecule has 4 rings (SSSR count). The number of hydrogen-bond donors (Lipinski definition) is 2. The molecule has 0 amide bonds. The van der Waals surface area contributed by atoms with E-state index >= 15 is 0 Å². The molecule has 1 spiro atoms. The summed E-state index contributed by atoms with van der Waals surface area (Å²) in [6.07, 6.45) is 7.49. The first-order valence-corrected chi connectivity index (χ1v) is 13.1. The molecule has 0 saturated carbocycles. The van der Waals surface area contributed by atoms with Gasteiger partial charge in [0.05, 0.1) is 0 Å². The standard InChI is InChI=1S/C24H26N4O4Si/c1-19-15-21(3)31-33(25-17-29,26-18-30,27(19)23-11-7-5-8-12-23)28(20(2)16-22(4)32-33)24-13-9-6-10-14-24/h5-16,29-30H,1-4H3/q+2. The van der Waals surface area contributed by atoms with E-state index in [4.69, 9.17) is 8.85 Å². The van der Waals surface area contributed by atoms with Crippen LogP contribution in [0.15, 0.2) is 84.3 Å². The molecule has 0 aliphatic carbocycles. The van der Waals surface area contributed by atoms with Gasteiger partial charge in [-0.1, -0.05) is 0 Å². The van der Waals surface area contributed by atoms with E-state index in [2.05, 4.69) is 9.02 Å². The van der Waals surface area contributed by atoms with Gasteiger partial charge in [-0.2, -0.15) is 0 Å². The van der Waals surface area contributed by atoms with Gasteiger partial charge < -0.3 is 0 Å². The zero-order valence-electron chi connectivity index (χ0n) is 18.9. The monoisotopic (exact) mass is 462 g/mol. The molecular weight excluding hydrogens is 436 g/mol. The van der Waals surface area contributed by atoms with E-state index in [9.17, 15) is 10.2 Å². The minimum absolute atomic E-state index is 0.422. The Morgan fingerprint density at radius 1 is 0.667 bits per heavy atom. The number of aliphatic hydroxyl groups excluding tert-OH is 2. The van der Waals surface area contributed by atoms with Crippen LogP contribution < -0.4 is 0 Å². The third-order valence-corrected chi connectivity index (χ3v) is 11.7. The van der Waals surface area contributed by atoms with Gasteiger partial charge in [0.1, 0.15) is 0 Å². The van der Waals surface area contributed by atoms with Gasteiger partial charge in [-0.15, -0.1) is 0 Å². The molecule has 2 aromatic rings. The normalized spacial score (nSPS) is 21.7. The SMILES string of the molecule is CC1=CC(C)=[N+](c2ccccc2)[Si-2]2([N+]#CO)([N+]#CO)(O1)OC(C)=CC(C)=[N+]2c1ccccc1. The summed E-state index contributed by atoms with van der Waals surface area (Å²) < 4.78 is 25.8. The van der Waals surface area contributed by atoms with E-state index < -0.39 is 7.76 Å². The Labute approximate surface area is 191 Å². The van der Waals surface area contributed by atoms with E-state index in [0.717, 1.165) is 0 Å². The van der Waals surface area contributed by atoms with Crippen molar-refractivity contribution in [2.75, 3.05) is 0 Å². The van der Waals surface area contributed by atoms with Gasteiger partial charge in [-0.3, -0.25) is 0 Å². The summed E-state index contributed by atoms with van der Waals surface area (Å²) in [5, 5.41) is 20.4. The molecule has 8 nitrogen and oxygen atoms in total. The van der Waals surface area contributed by atoms with Crippen LogP contribution in [0.5, 0.6) is 0 Å². The van der Waals surface area contributed by atoms with Crippen LogP contribution in [0.25, 0.3) is 9.02 Å². The fourth-order valence-corrected chi connectivity index (χ4v) is 11.5. The molecule has 2 N–H and O–H groups in total. The third-order valence-electron chi connectivity index (χ3n) is 5.88. The molecule has 33 heavy (non-hydrogen) atoms. The zero-order valence-corrected chi connectivity index (χ0v) is 19.9. The van der Waals surface area contributed by atoms with Crippen molar-refractivity contribution in [2.45, 2.75) is 27.7 Å². The average molecular weight is 463 g/mol. The minimum atomic E-state index is -6.33. The van der Waals surface area contributed by atoms with Gasteiger partial charge in [0.25, 0.3) is 0 Å². The van der Waals surface area contributed by atoms with Gasteiger partial charge in [-0.25, -0.2) is 0 Å². The maximum absolute atomic E-state index is 10.2. The summed E-state index contributed by atoms with van der Waals surface area (Å²) in [5.74, 6) is 0.844. The Balaban J connectivity index is 2.41. The van der Waals surface area contributed by atoms with Gasteiger partial charge in [0.2, 0.25) is 0 Å². The van der Waals surface area contributed by atoms with Crippen molar-refractivity contribution in [3.05, 3.63) is 93.4 Å². The first-order valence-electron chi connectivity index (χ1n) is 10.5.